The summed E-state index contributed by atoms with van der Waals surface area (Å²) >= 11 is 0. The monoisotopic (exact) mass is 295 g/mol. The molecule has 5 fully saturated rings. The Morgan fingerprint density at radius 2 is 1.32 bits per heavy atom. The predicted molar refractivity (Wildman–Crippen MR) is 83.2 cm³/mol. The second-order valence-corrected chi connectivity index (χ2v) is 7.88. The number of rotatable bonds is 1. The molecule has 114 valence electrons. The molecule has 22 heavy (non-hydrogen) atoms. The summed E-state index contributed by atoms with van der Waals surface area (Å²) in [5.41, 5.74) is 3.00. The molecular formula is C19H21NO2. The molecular weight excluding hydrogens is 274 g/mol. The summed E-state index contributed by atoms with van der Waals surface area (Å²) < 4.78 is 0. The largest absolute Gasteiger partial charge is 0.274 e. The topological polar surface area (TPSA) is 37.4 Å². The Kier molecular flexibility index (Phi) is 2.34. The zero-order valence-electron chi connectivity index (χ0n) is 13.1. The van der Waals surface area contributed by atoms with Crippen LogP contribution in [0.5, 0.6) is 0 Å². The van der Waals surface area contributed by atoms with Crippen molar-refractivity contribution in [2.24, 2.45) is 35.5 Å². The lowest BCUT2D eigenvalue weighted by Gasteiger charge is -2.42. The van der Waals surface area contributed by atoms with Gasteiger partial charge in [-0.25, -0.2) is 0 Å². The molecule has 3 nitrogen and oxygen atoms in total. The fourth-order valence-electron chi connectivity index (χ4n) is 5.87. The van der Waals surface area contributed by atoms with Gasteiger partial charge in [-0.1, -0.05) is 6.07 Å². The first-order valence-corrected chi connectivity index (χ1v) is 8.52. The van der Waals surface area contributed by atoms with Crippen LogP contribution in [0.3, 0.4) is 0 Å². The maximum Gasteiger partial charge on any atom is 0.237 e. The van der Waals surface area contributed by atoms with E-state index in [0.717, 1.165) is 41.5 Å². The van der Waals surface area contributed by atoms with Crippen LogP contribution in [0.1, 0.15) is 30.4 Å². The van der Waals surface area contributed by atoms with Crippen molar-refractivity contribution in [1.29, 1.82) is 0 Å². The number of hydrogen-bond acceptors (Lipinski definition) is 2. The van der Waals surface area contributed by atoms with E-state index in [9.17, 15) is 9.59 Å². The van der Waals surface area contributed by atoms with Gasteiger partial charge in [-0.3, -0.25) is 14.5 Å². The van der Waals surface area contributed by atoms with Gasteiger partial charge >= 0.3 is 0 Å². The summed E-state index contributed by atoms with van der Waals surface area (Å²) in [6.45, 7) is 4.04. The Balaban J connectivity index is 1.59. The first kappa shape index (κ1) is 12.9. The lowest BCUT2D eigenvalue weighted by molar-refractivity contribution is -0.129. The van der Waals surface area contributed by atoms with Crippen LogP contribution in [-0.2, 0) is 9.59 Å². The van der Waals surface area contributed by atoms with E-state index in [-0.39, 0.29) is 23.7 Å². The van der Waals surface area contributed by atoms with E-state index in [1.165, 1.54) is 11.3 Å². The number of nitrogens with zero attached hydrogens (tertiary/aromatic N) is 1. The Bertz CT molecular complexity index is 655. The number of anilines is 1. The van der Waals surface area contributed by atoms with E-state index in [0.29, 0.717) is 11.8 Å². The second kappa shape index (κ2) is 4.01. The van der Waals surface area contributed by atoms with Crippen LogP contribution < -0.4 is 4.90 Å². The van der Waals surface area contributed by atoms with Gasteiger partial charge in [0.2, 0.25) is 11.8 Å². The number of carbonyl (C=O) groups is 2. The van der Waals surface area contributed by atoms with Crippen molar-refractivity contribution in [3.63, 3.8) is 0 Å². The van der Waals surface area contributed by atoms with Crippen molar-refractivity contribution in [3.05, 3.63) is 29.3 Å². The lowest BCUT2D eigenvalue weighted by Crippen LogP contribution is -2.43. The van der Waals surface area contributed by atoms with E-state index < -0.39 is 0 Å². The van der Waals surface area contributed by atoms with E-state index in [1.54, 1.807) is 0 Å². The van der Waals surface area contributed by atoms with E-state index in [2.05, 4.69) is 6.07 Å². The number of amides is 2. The molecule has 1 heterocycles. The molecule has 2 amide bonds. The van der Waals surface area contributed by atoms with Gasteiger partial charge in [0.1, 0.15) is 0 Å². The number of hydrogen-bond donors (Lipinski definition) is 0. The first-order valence-electron chi connectivity index (χ1n) is 8.52. The molecule has 1 aliphatic heterocycles. The molecule has 1 saturated heterocycles. The van der Waals surface area contributed by atoms with Gasteiger partial charge in [-0.2, -0.15) is 0 Å². The Hall–Kier alpha value is -1.64. The Labute approximate surface area is 130 Å². The Morgan fingerprint density at radius 1 is 0.818 bits per heavy atom. The highest BCUT2D eigenvalue weighted by atomic mass is 16.2. The number of aryl methyl sites for hydroxylation is 2. The average molecular weight is 295 g/mol. The minimum absolute atomic E-state index is 0.0178. The third kappa shape index (κ3) is 1.47. The molecule has 0 aromatic heterocycles. The van der Waals surface area contributed by atoms with Crippen LogP contribution in [-0.4, -0.2) is 11.8 Å². The van der Waals surface area contributed by atoms with E-state index in [4.69, 9.17) is 0 Å². The number of fused-ring (bicyclic) bond motifs is 1. The summed E-state index contributed by atoms with van der Waals surface area (Å²) in [6.07, 6.45) is 3.59. The third-order valence-electron chi connectivity index (χ3n) is 6.61. The molecule has 0 N–H and O–H groups in total. The molecule has 1 aromatic carbocycles. The first-order chi connectivity index (χ1) is 10.6. The zero-order valence-corrected chi connectivity index (χ0v) is 13.1. The third-order valence-corrected chi connectivity index (χ3v) is 6.61. The van der Waals surface area contributed by atoms with Crippen LogP contribution >= 0.6 is 0 Å². The number of imide groups is 1. The molecule has 4 aliphatic carbocycles. The fourth-order valence-corrected chi connectivity index (χ4v) is 5.87. The van der Waals surface area contributed by atoms with Crippen LogP contribution in [0.25, 0.3) is 0 Å². The number of carbonyl (C=O) groups excluding carboxylic acids is 2. The highest BCUT2D eigenvalue weighted by molar-refractivity contribution is 6.22. The van der Waals surface area contributed by atoms with E-state index >= 15 is 0 Å². The van der Waals surface area contributed by atoms with Crippen LogP contribution in [0.15, 0.2) is 18.2 Å². The van der Waals surface area contributed by atoms with Gasteiger partial charge in [0.05, 0.1) is 17.5 Å². The van der Waals surface area contributed by atoms with E-state index in [1.807, 2.05) is 26.0 Å². The van der Waals surface area contributed by atoms with Gasteiger partial charge in [0, 0.05) is 0 Å². The maximum absolute atomic E-state index is 13.0. The van der Waals surface area contributed by atoms with Gasteiger partial charge in [0.15, 0.2) is 0 Å². The zero-order chi connectivity index (χ0) is 15.2. The smallest absolute Gasteiger partial charge is 0.237 e. The maximum atomic E-state index is 13.0. The molecule has 0 spiro atoms. The van der Waals surface area contributed by atoms with Crippen LogP contribution in [0, 0.1) is 49.4 Å². The van der Waals surface area contributed by atoms with Gasteiger partial charge in [0.25, 0.3) is 0 Å². The predicted octanol–water partition coefficient (Wildman–Crippen LogP) is 3.08. The van der Waals surface area contributed by atoms with Crippen molar-refractivity contribution < 1.29 is 9.59 Å². The molecule has 0 radical (unpaired) electrons. The summed E-state index contributed by atoms with van der Waals surface area (Å²) in [5, 5.41) is 0. The normalized spacial score (nSPS) is 41.6. The summed E-state index contributed by atoms with van der Waals surface area (Å²) in [6, 6.07) is 6.03. The Morgan fingerprint density at radius 3 is 1.82 bits per heavy atom. The molecule has 2 bridgehead atoms. The fraction of sp³-hybridized carbons (Fsp3) is 0.579. The van der Waals surface area contributed by atoms with Crippen molar-refractivity contribution >= 4 is 17.5 Å². The van der Waals surface area contributed by atoms with Crippen LogP contribution in [0.4, 0.5) is 5.69 Å². The highest BCUT2D eigenvalue weighted by Gasteiger charge is 2.68. The number of benzene rings is 1. The summed E-state index contributed by atoms with van der Waals surface area (Å²) in [7, 11) is 0. The standard InChI is InChI=1S/C19H21NO2/c1-9-5-10(2)7-11(6-9)20-18(21)16-12-3-4-13(15-8-14(12)15)17(16)19(20)22/h5-7,12-17H,3-4,8H2,1-2H3/t12-,13+,14-,15+,16-,17+. The average Bonchev–Trinajstić information content (AvgIpc) is 3.23. The lowest BCUT2D eigenvalue weighted by atomic mass is 9.59. The molecule has 6 rings (SSSR count). The molecule has 6 atom stereocenters. The minimum Gasteiger partial charge on any atom is -0.274 e. The highest BCUT2D eigenvalue weighted by Crippen LogP contribution is 2.68. The summed E-state index contributed by atoms with van der Waals surface area (Å²) in [5.74, 6) is 2.58. The van der Waals surface area contributed by atoms with Crippen molar-refractivity contribution in [1.82, 2.24) is 0 Å². The molecule has 5 aliphatic rings. The van der Waals surface area contributed by atoms with Gasteiger partial charge < -0.3 is 0 Å². The second-order valence-electron chi connectivity index (χ2n) is 7.88. The summed E-state index contributed by atoms with van der Waals surface area (Å²) in [4.78, 5) is 27.6. The van der Waals surface area contributed by atoms with Gasteiger partial charge in [-0.05, 0) is 80.0 Å². The van der Waals surface area contributed by atoms with Gasteiger partial charge in [-0.15, -0.1) is 0 Å². The van der Waals surface area contributed by atoms with Crippen LogP contribution in [0.2, 0.25) is 0 Å². The van der Waals surface area contributed by atoms with Crippen molar-refractivity contribution in [2.75, 3.05) is 4.90 Å². The molecule has 1 aromatic rings. The molecule has 0 unspecified atom stereocenters. The molecule has 4 saturated carbocycles. The minimum atomic E-state index is -0.0178. The quantitative estimate of drug-likeness (QED) is 0.747. The molecule has 3 heteroatoms. The SMILES string of the molecule is Cc1cc(C)cc(N2C(=O)[C@@H]3[C@@H]4CC[C@@H]([C@@H]5C[C@@H]54)[C@@H]3C2=O)c1. The van der Waals surface area contributed by atoms with Crippen molar-refractivity contribution in [3.8, 4) is 0 Å². The van der Waals surface area contributed by atoms with Crippen molar-refractivity contribution in [2.45, 2.75) is 33.1 Å².